The van der Waals surface area contributed by atoms with E-state index in [1.165, 1.54) is 34.6 Å². The van der Waals surface area contributed by atoms with Crippen molar-refractivity contribution in [2.24, 2.45) is 5.92 Å². The molecule has 1 atom stereocenters. The first-order chi connectivity index (χ1) is 15.1. The van der Waals surface area contributed by atoms with E-state index in [1.54, 1.807) is 12.1 Å². The lowest BCUT2D eigenvalue weighted by atomic mass is 10.0. The van der Waals surface area contributed by atoms with Crippen LogP contribution in [0.25, 0.3) is 11.0 Å². The van der Waals surface area contributed by atoms with Crippen molar-refractivity contribution in [1.82, 2.24) is 4.31 Å². The molecular weight excluding hydrogens is 428 g/mol. The number of nitrogens with one attached hydrogen (secondary N) is 1. The van der Waals surface area contributed by atoms with Crippen LogP contribution in [0.3, 0.4) is 0 Å². The number of carbonyl (C=O) groups is 1. The lowest BCUT2D eigenvalue weighted by Crippen LogP contribution is -2.39. The molecule has 0 saturated carbocycles. The second-order valence-electron chi connectivity index (χ2n) is 8.50. The van der Waals surface area contributed by atoms with Gasteiger partial charge in [0.1, 0.15) is 5.58 Å². The molecule has 1 aliphatic rings. The third kappa shape index (κ3) is 4.33. The van der Waals surface area contributed by atoms with Gasteiger partial charge in [0.2, 0.25) is 10.0 Å². The van der Waals surface area contributed by atoms with Gasteiger partial charge in [-0.05, 0) is 80.1 Å². The van der Waals surface area contributed by atoms with E-state index in [0.29, 0.717) is 35.7 Å². The van der Waals surface area contributed by atoms with Crippen molar-refractivity contribution in [1.29, 1.82) is 0 Å². The molecule has 1 amide bonds. The summed E-state index contributed by atoms with van der Waals surface area (Å²) in [5.41, 5.74) is 2.39. The van der Waals surface area contributed by atoms with Gasteiger partial charge in [-0.15, -0.1) is 0 Å². The minimum absolute atomic E-state index is 0.107. The van der Waals surface area contributed by atoms with E-state index in [2.05, 4.69) is 5.32 Å². The molecule has 1 aromatic heterocycles. The fraction of sp³-hybridized carbons (Fsp3) is 0.333. The van der Waals surface area contributed by atoms with Crippen molar-refractivity contribution in [2.45, 2.75) is 38.5 Å². The van der Waals surface area contributed by atoms with Gasteiger partial charge in [0.15, 0.2) is 11.2 Å². The first kappa shape index (κ1) is 22.2. The Kier molecular flexibility index (Phi) is 5.92. The molecule has 1 unspecified atom stereocenters. The highest BCUT2D eigenvalue weighted by Crippen LogP contribution is 2.25. The minimum Gasteiger partial charge on any atom is -0.451 e. The van der Waals surface area contributed by atoms with Crippen LogP contribution in [0, 0.1) is 19.8 Å². The zero-order valence-corrected chi connectivity index (χ0v) is 19.2. The maximum absolute atomic E-state index is 12.9. The van der Waals surface area contributed by atoms with Crippen LogP contribution in [0.2, 0.25) is 0 Å². The Hall–Kier alpha value is -2.97. The Bertz CT molecular complexity index is 1340. The van der Waals surface area contributed by atoms with E-state index >= 15 is 0 Å². The largest absolute Gasteiger partial charge is 0.451 e. The van der Waals surface area contributed by atoms with Crippen molar-refractivity contribution in [3.05, 3.63) is 69.6 Å². The summed E-state index contributed by atoms with van der Waals surface area (Å²) >= 11 is 0. The molecule has 0 spiro atoms. The quantitative estimate of drug-likeness (QED) is 0.641. The topological polar surface area (TPSA) is 96.7 Å². The number of hydrogen-bond donors (Lipinski definition) is 1. The molecule has 2 aromatic carbocycles. The first-order valence-corrected chi connectivity index (χ1v) is 12.1. The minimum atomic E-state index is -3.57. The summed E-state index contributed by atoms with van der Waals surface area (Å²) in [5, 5.41) is 3.08. The molecule has 0 bridgehead atoms. The van der Waals surface area contributed by atoms with Crippen molar-refractivity contribution < 1.29 is 17.6 Å². The fourth-order valence-corrected chi connectivity index (χ4v) is 5.54. The van der Waals surface area contributed by atoms with Gasteiger partial charge < -0.3 is 9.73 Å². The highest BCUT2D eigenvalue weighted by molar-refractivity contribution is 7.89. The summed E-state index contributed by atoms with van der Waals surface area (Å²) in [5.74, 6) is -0.353. The van der Waals surface area contributed by atoms with Crippen LogP contribution in [-0.4, -0.2) is 31.7 Å². The third-order valence-electron chi connectivity index (χ3n) is 5.94. The molecular formula is C24H26N2O5S. The van der Waals surface area contributed by atoms with Crippen molar-refractivity contribution in [2.75, 3.05) is 18.4 Å². The average Bonchev–Trinajstić information content (AvgIpc) is 2.75. The number of aryl methyl sites for hydroxylation is 2. The van der Waals surface area contributed by atoms with E-state index in [1.807, 2.05) is 20.8 Å². The van der Waals surface area contributed by atoms with Gasteiger partial charge in [-0.1, -0.05) is 6.92 Å². The number of carbonyl (C=O) groups excluding carboxylic acids is 1. The molecule has 1 fully saturated rings. The smallest absolute Gasteiger partial charge is 0.291 e. The summed E-state index contributed by atoms with van der Waals surface area (Å²) < 4.78 is 33.0. The number of fused-ring (bicyclic) bond motifs is 1. The molecule has 3 aromatic rings. The third-order valence-corrected chi connectivity index (χ3v) is 7.82. The van der Waals surface area contributed by atoms with Crippen molar-refractivity contribution in [3.63, 3.8) is 0 Å². The molecule has 8 heteroatoms. The van der Waals surface area contributed by atoms with Gasteiger partial charge in [0.25, 0.3) is 5.91 Å². The molecule has 1 saturated heterocycles. The van der Waals surface area contributed by atoms with Gasteiger partial charge in [-0.25, -0.2) is 8.42 Å². The Labute approximate surface area is 187 Å². The normalized spacial score (nSPS) is 17.4. The maximum atomic E-state index is 12.9. The average molecular weight is 455 g/mol. The van der Waals surface area contributed by atoms with Crippen LogP contribution in [0.4, 0.5) is 5.69 Å². The van der Waals surface area contributed by atoms with Gasteiger partial charge >= 0.3 is 0 Å². The Morgan fingerprint density at radius 2 is 1.78 bits per heavy atom. The zero-order valence-electron chi connectivity index (χ0n) is 18.3. The van der Waals surface area contributed by atoms with Gasteiger partial charge in [-0.2, -0.15) is 4.31 Å². The molecule has 1 aliphatic heterocycles. The highest BCUT2D eigenvalue weighted by atomic mass is 32.2. The number of amides is 1. The second-order valence-corrected chi connectivity index (χ2v) is 10.4. The van der Waals surface area contributed by atoms with Crippen LogP contribution >= 0.6 is 0 Å². The number of hydrogen-bond acceptors (Lipinski definition) is 5. The monoisotopic (exact) mass is 454 g/mol. The fourth-order valence-electron chi connectivity index (χ4n) is 3.94. The molecule has 1 N–H and O–H groups in total. The number of nitrogens with zero attached hydrogens (tertiary/aromatic N) is 1. The van der Waals surface area contributed by atoms with Crippen LogP contribution < -0.4 is 10.7 Å². The SMILES string of the molecule is Cc1cc2oc(C(=O)Nc3ccc(S(=O)(=O)N4CCCC(C)C4)cc3)cc(=O)c2cc1C. The Morgan fingerprint density at radius 3 is 2.47 bits per heavy atom. The zero-order chi connectivity index (χ0) is 23.0. The maximum Gasteiger partial charge on any atom is 0.291 e. The summed E-state index contributed by atoms with van der Waals surface area (Å²) in [4.78, 5) is 25.3. The van der Waals surface area contributed by atoms with E-state index in [4.69, 9.17) is 4.42 Å². The summed E-state index contributed by atoms with van der Waals surface area (Å²) in [6.45, 7) is 6.89. The van der Waals surface area contributed by atoms with Crippen LogP contribution in [0.5, 0.6) is 0 Å². The molecule has 7 nitrogen and oxygen atoms in total. The molecule has 2 heterocycles. The summed E-state index contributed by atoms with van der Waals surface area (Å²) in [6.07, 6.45) is 1.88. The Morgan fingerprint density at radius 1 is 1.09 bits per heavy atom. The first-order valence-electron chi connectivity index (χ1n) is 10.6. The van der Waals surface area contributed by atoms with E-state index < -0.39 is 15.9 Å². The number of piperidine rings is 1. The van der Waals surface area contributed by atoms with E-state index in [0.717, 1.165) is 24.0 Å². The number of anilines is 1. The molecule has 32 heavy (non-hydrogen) atoms. The summed E-state index contributed by atoms with van der Waals surface area (Å²) in [6, 6.07) is 10.7. The van der Waals surface area contributed by atoms with Crippen molar-refractivity contribution in [3.8, 4) is 0 Å². The van der Waals surface area contributed by atoms with Crippen LogP contribution in [-0.2, 0) is 10.0 Å². The molecule has 4 rings (SSSR count). The number of sulfonamides is 1. The van der Waals surface area contributed by atoms with Gasteiger partial charge in [0.05, 0.1) is 10.3 Å². The number of benzene rings is 2. The van der Waals surface area contributed by atoms with Crippen molar-refractivity contribution >= 4 is 32.6 Å². The summed E-state index contributed by atoms with van der Waals surface area (Å²) in [7, 11) is -3.57. The predicted molar refractivity (Wildman–Crippen MR) is 124 cm³/mol. The molecule has 0 aliphatic carbocycles. The lowest BCUT2D eigenvalue weighted by molar-refractivity contribution is 0.0997. The Balaban J connectivity index is 1.54. The second kappa shape index (κ2) is 8.52. The van der Waals surface area contributed by atoms with Gasteiger partial charge in [-0.3, -0.25) is 9.59 Å². The predicted octanol–water partition coefficient (Wildman–Crippen LogP) is 4.08. The lowest BCUT2D eigenvalue weighted by Gasteiger charge is -2.30. The molecule has 168 valence electrons. The molecule has 0 radical (unpaired) electrons. The van der Waals surface area contributed by atoms with Crippen LogP contribution in [0.1, 0.15) is 41.4 Å². The van der Waals surface area contributed by atoms with E-state index in [9.17, 15) is 18.0 Å². The van der Waals surface area contributed by atoms with Gasteiger partial charge in [0, 0.05) is 24.8 Å². The van der Waals surface area contributed by atoms with E-state index in [-0.39, 0.29) is 16.1 Å². The standard InChI is InChI=1S/C24H26N2O5S/c1-15-5-4-10-26(14-15)32(29,30)19-8-6-18(7-9-19)25-24(28)23-13-21(27)20-11-16(2)17(3)12-22(20)31-23/h6-9,11-13,15H,4-5,10,14H2,1-3H3,(H,25,28). The van der Waals surface area contributed by atoms with Crippen LogP contribution in [0.15, 0.2) is 56.6 Å². The highest BCUT2D eigenvalue weighted by Gasteiger charge is 2.28. The number of rotatable bonds is 4.